The predicted octanol–water partition coefficient (Wildman–Crippen LogP) is -0.508. The maximum absolute atomic E-state index is 11.6. The average molecular weight is 260 g/mol. The Morgan fingerprint density at radius 3 is 2.17 bits per heavy atom. The highest BCUT2D eigenvalue weighted by Gasteiger charge is 2.35. The third-order valence-electron chi connectivity index (χ3n) is 2.22. The SMILES string of the molecule is CCOC(=O)C(N)C(=O)N[C@H](C(=O)O)C(C)(C)C. The summed E-state index contributed by atoms with van der Waals surface area (Å²) in [6.45, 7) is 6.64. The van der Waals surface area contributed by atoms with Crippen LogP contribution in [0.1, 0.15) is 27.7 Å². The molecule has 104 valence electrons. The quantitative estimate of drug-likeness (QED) is 0.452. The monoisotopic (exact) mass is 260 g/mol. The molecule has 7 nitrogen and oxygen atoms in total. The van der Waals surface area contributed by atoms with Gasteiger partial charge in [0.1, 0.15) is 6.04 Å². The predicted molar refractivity (Wildman–Crippen MR) is 63.6 cm³/mol. The first-order valence-electron chi connectivity index (χ1n) is 5.56. The number of carboxylic acids is 1. The third-order valence-corrected chi connectivity index (χ3v) is 2.22. The van der Waals surface area contributed by atoms with Crippen molar-refractivity contribution in [3.05, 3.63) is 0 Å². The second-order valence-corrected chi connectivity index (χ2v) is 4.88. The minimum atomic E-state index is -1.52. The highest BCUT2D eigenvalue weighted by molar-refractivity contribution is 6.02. The summed E-state index contributed by atoms with van der Waals surface area (Å²) in [5, 5.41) is 11.2. The lowest BCUT2D eigenvalue weighted by Gasteiger charge is -2.28. The number of rotatable bonds is 5. The van der Waals surface area contributed by atoms with Gasteiger partial charge in [0, 0.05) is 0 Å². The fraction of sp³-hybridized carbons (Fsp3) is 0.727. The van der Waals surface area contributed by atoms with Gasteiger partial charge in [-0.1, -0.05) is 20.8 Å². The van der Waals surface area contributed by atoms with E-state index in [2.05, 4.69) is 10.1 Å². The van der Waals surface area contributed by atoms with Crippen molar-refractivity contribution in [1.82, 2.24) is 5.32 Å². The van der Waals surface area contributed by atoms with E-state index in [0.29, 0.717) is 0 Å². The van der Waals surface area contributed by atoms with E-state index in [-0.39, 0.29) is 6.61 Å². The minimum absolute atomic E-state index is 0.0987. The summed E-state index contributed by atoms with van der Waals surface area (Å²) < 4.78 is 4.58. The lowest BCUT2D eigenvalue weighted by Crippen LogP contribution is -2.55. The molecule has 0 bridgehead atoms. The Hall–Kier alpha value is -1.63. The molecule has 18 heavy (non-hydrogen) atoms. The van der Waals surface area contributed by atoms with Crippen LogP contribution in [0.25, 0.3) is 0 Å². The zero-order valence-corrected chi connectivity index (χ0v) is 11.0. The van der Waals surface area contributed by atoms with Crippen molar-refractivity contribution in [2.75, 3.05) is 6.61 Å². The van der Waals surface area contributed by atoms with E-state index in [4.69, 9.17) is 10.8 Å². The van der Waals surface area contributed by atoms with Crippen molar-refractivity contribution in [2.45, 2.75) is 39.8 Å². The Labute approximate surface area is 106 Å². The summed E-state index contributed by atoms with van der Waals surface area (Å²) in [6.07, 6.45) is 0. The van der Waals surface area contributed by atoms with Gasteiger partial charge in [-0.25, -0.2) is 9.59 Å². The number of nitrogens with two attached hydrogens (primary N) is 1. The second-order valence-electron chi connectivity index (χ2n) is 4.88. The van der Waals surface area contributed by atoms with Crippen molar-refractivity contribution in [1.29, 1.82) is 0 Å². The number of hydrogen-bond donors (Lipinski definition) is 3. The minimum Gasteiger partial charge on any atom is -0.480 e. The molecule has 0 rings (SSSR count). The number of aliphatic carboxylic acids is 1. The van der Waals surface area contributed by atoms with Gasteiger partial charge in [-0.05, 0) is 12.3 Å². The molecule has 0 aliphatic heterocycles. The number of amides is 1. The van der Waals surface area contributed by atoms with Gasteiger partial charge < -0.3 is 20.9 Å². The van der Waals surface area contributed by atoms with Gasteiger partial charge in [-0.2, -0.15) is 0 Å². The molecular formula is C11H20N2O5. The first kappa shape index (κ1) is 16.4. The van der Waals surface area contributed by atoms with Crippen LogP contribution in [0.2, 0.25) is 0 Å². The molecule has 0 fully saturated rings. The normalized spacial score (nSPS) is 14.5. The smallest absolute Gasteiger partial charge is 0.332 e. The zero-order chi connectivity index (χ0) is 14.5. The zero-order valence-electron chi connectivity index (χ0n) is 11.0. The van der Waals surface area contributed by atoms with E-state index in [9.17, 15) is 14.4 Å². The van der Waals surface area contributed by atoms with Gasteiger partial charge in [0.05, 0.1) is 6.61 Å². The molecule has 7 heteroatoms. The van der Waals surface area contributed by atoms with Gasteiger partial charge >= 0.3 is 11.9 Å². The van der Waals surface area contributed by atoms with E-state index in [1.165, 1.54) is 0 Å². The fourth-order valence-electron chi connectivity index (χ4n) is 1.22. The van der Waals surface area contributed by atoms with E-state index < -0.39 is 35.3 Å². The Bertz CT molecular complexity index is 335. The standard InChI is InChI=1S/C11H20N2O5/c1-5-18-10(17)6(12)8(14)13-7(9(15)16)11(2,3)4/h6-7H,5,12H2,1-4H3,(H,13,14)(H,15,16)/t6?,7-/m1/s1. The van der Waals surface area contributed by atoms with Crippen molar-refractivity contribution < 1.29 is 24.2 Å². The molecule has 0 aromatic heterocycles. The number of carbonyl (C=O) groups is 3. The maximum atomic E-state index is 11.6. The molecule has 0 heterocycles. The summed E-state index contributed by atoms with van der Waals surface area (Å²) >= 11 is 0. The van der Waals surface area contributed by atoms with Crippen LogP contribution in [0.4, 0.5) is 0 Å². The van der Waals surface area contributed by atoms with Gasteiger partial charge in [0.25, 0.3) is 0 Å². The summed E-state index contributed by atoms with van der Waals surface area (Å²) in [4.78, 5) is 33.9. The molecular weight excluding hydrogens is 240 g/mol. The molecule has 4 N–H and O–H groups in total. The topological polar surface area (TPSA) is 119 Å². The number of carbonyl (C=O) groups excluding carboxylic acids is 2. The van der Waals surface area contributed by atoms with E-state index in [0.717, 1.165) is 0 Å². The van der Waals surface area contributed by atoms with Crippen LogP contribution in [0.15, 0.2) is 0 Å². The fourth-order valence-corrected chi connectivity index (χ4v) is 1.22. The Balaban J connectivity index is 4.72. The molecule has 0 aromatic carbocycles. The molecule has 0 radical (unpaired) electrons. The first-order chi connectivity index (χ1) is 8.11. The Morgan fingerprint density at radius 2 is 1.83 bits per heavy atom. The molecule has 0 spiro atoms. The van der Waals surface area contributed by atoms with Crippen molar-refractivity contribution in [2.24, 2.45) is 11.1 Å². The van der Waals surface area contributed by atoms with Crippen LogP contribution in [0.5, 0.6) is 0 Å². The summed E-state index contributed by atoms with van der Waals surface area (Å²) in [6, 6.07) is -2.65. The van der Waals surface area contributed by atoms with Crippen molar-refractivity contribution in [3.63, 3.8) is 0 Å². The molecule has 0 aromatic rings. The van der Waals surface area contributed by atoms with Crippen LogP contribution >= 0.6 is 0 Å². The number of nitrogens with one attached hydrogen (secondary N) is 1. The molecule has 1 amide bonds. The van der Waals surface area contributed by atoms with Crippen LogP contribution in [-0.4, -0.2) is 41.6 Å². The maximum Gasteiger partial charge on any atom is 0.332 e. The largest absolute Gasteiger partial charge is 0.480 e. The van der Waals surface area contributed by atoms with Crippen LogP contribution in [-0.2, 0) is 19.1 Å². The first-order valence-corrected chi connectivity index (χ1v) is 5.56. The molecule has 0 saturated carbocycles. The van der Waals surface area contributed by atoms with E-state index >= 15 is 0 Å². The summed E-state index contributed by atoms with van der Waals surface area (Å²) in [7, 11) is 0. The van der Waals surface area contributed by atoms with Gasteiger partial charge in [-0.15, -0.1) is 0 Å². The lowest BCUT2D eigenvalue weighted by atomic mass is 9.86. The molecule has 2 atom stereocenters. The Morgan fingerprint density at radius 1 is 1.33 bits per heavy atom. The highest BCUT2D eigenvalue weighted by atomic mass is 16.5. The second kappa shape index (κ2) is 6.34. The number of carboxylic acid groups (broad SMARTS) is 1. The van der Waals surface area contributed by atoms with E-state index in [1.54, 1.807) is 27.7 Å². The summed E-state index contributed by atoms with van der Waals surface area (Å²) in [5.74, 6) is -2.93. The van der Waals surface area contributed by atoms with Gasteiger partial charge in [-0.3, -0.25) is 4.79 Å². The van der Waals surface area contributed by atoms with Crippen LogP contribution < -0.4 is 11.1 Å². The molecule has 0 aliphatic carbocycles. The van der Waals surface area contributed by atoms with E-state index in [1.807, 2.05) is 0 Å². The van der Waals surface area contributed by atoms with Gasteiger partial charge in [0.2, 0.25) is 5.91 Å². The lowest BCUT2D eigenvalue weighted by molar-refractivity contribution is -0.151. The third kappa shape index (κ3) is 4.70. The molecule has 1 unspecified atom stereocenters. The molecule has 0 saturated heterocycles. The van der Waals surface area contributed by atoms with Gasteiger partial charge in [0.15, 0.2) is 6.04 Å². The average Bonchev–Trinajstić information content (AvgIpc) is 2.22. The van der Waals surface area contributed by atoms with Crippen LogP contribution in [0.3, 0.4) is 0 Å². The molecule has 0 aliphatic rings. The van der Waals surface area contributed by atoms with Crippen molar-refractivity contribution >= 4 is 17.8 Å². The highest BCUT2D eigenvalue weighted by Crippen LogP contribution is 2.19. The number of hydrogen-bond acceptors (Lipinski definition) is 5. The van der Waals surface area contributed by atoms with Crippen molar-refractivity contribution in [3.8, 4) is 0 Å². The number of ether oxygens (including phenoxy) is 1. The summed E-state index contributed by atoms with van der Waals surface area (Å²) in [5.41, 5.74) is 4.66. The Kier molecular flexibility index (Phi) is 5.77. The number of esters is 1. The van der Waals surface area contributed by atoms with Crippen LogP contribution in [0, 0.1) is 5.41 Å².